The summed E-state index contributed by atoms with van der Waals surface area (Å²) in [5.41, 5.74) is 28.3. The Labute approximate surface area is 862 Å². The number of benzene rings is 1. The van der Waals surface area contributed by atoms with Crippen LogP contribution >= 0.6 is 0 Å². The van der Waals surface area contributed by atoms with Crippen LogP contribution in [0.1, 0.15) is 197 Å². The molecule has 0 saturated carbocycles. The fourth-order valence-electron chi connectivity index (χ4n) is 15.9. The first-order valence-electron chi connectivity index (χ1n) is 49.8. The zero-order valence-electron chi connectivity index (χ0n) is 85.8. The third-order valence-electron chi connectivity index (χ3n) is 24.4. The lowest BCUT2D eigenvalue weighted by Crippen LogP contribution is -2.63. The number of guanidine groups is 1. The van der Waals surface area contributed by atoms with Gasteiger partial charge in [-0.3, -0.25) is 106 Å². The molecule has 1 aromatic rings. The Bertz CT molecular complexity index is 4690. The number of nitrogens with one attached hydrogen (secondary N) is 19. The summed E-state index contributed by atoms with van der Waals surface area (Å²) >= 11 is 0. The first-order valence-corrected chi connectivity index (χ1v) is 49.8. The number of rotatable bonds is 69. The van der Waals surface area contributed by atoms with E-state index in [9.17, 15) is 137 Å². The highest BCUT2D eigenvalue weighted by Gasteiger charge is 2.46. The lowest BCUT2D eigenvalue weighted by atomic mass is 9.95. The second kappa shape index (κ2) is 66.6. The number of carboxylic acid groups (broad SMARTS) is 2. The minimum Gasteiger partial charge on any atom is -0.508 e. The number of likely N-dealkylation sites (tertiary alicyclic amines) is 2. The number of aliphatic hydroxyl groups is 5. The van der Waals surface area contributed by atoms with Crippen molar-refractivity contribution in [2.24, 2.45) is 52.3 Å². The molecule has 20 amide bonds. The Morgan fingerprint density at radius 1 is 0.403 bits per heavy atom. The maximum atomic E-state index is 15.0. The number of phenolic OH excluding ortho intramolecular Hbond substituents is 1. The van der Waals surface area contributed by atoms with Crippen LogP contribution in [0.4, 0.5) is 0 Å². The first kappa shape index (κ1) is 129. The van der Waals surface area contributed by atoms with Gasteiger partial charge in [0.2, 0.25) is 118 Å². The molecule has 2 aliphatic rings. The molecule has 149 heavy (non-hydrogen) atoms. The second-order valence-electron chi connectivity index (χ2n) is 37.9. The van der Waals surface area contributed by atoms with Crippen molar-refractivity contribution in [3.05, 3.63) is 29.8 Å². The van der Waals surface area contributed by atoms with Gasteiger partial charge in [-0.25, -0.2) is 4.79 Å². The fraction of sp³-hybridized carbons (Fsp3) is 0.688. The number of unbranched alkanes of at least 4 members (excludes halogenated alkanes) is 2. The minimum absolute atomic E-state index is 0.00529. The quantitative estimate of drug-likeness (QED) is 0.0164. The molecule has 56 nitrogen and oxygen atoms in total. The van der Waals surface area contributed by atoms with Crippen molar-refractivity contribution in [1.29, 1.82) is 5.41 Å². The number of phenols is 1. The van der Waals surface area contributed by atoms with Gasteiger partial charge < -0.3 is 175 Å². The summed E-state index contributed by atoms with van der Waals surface area (Å²) < 4.78 is 0. The lowest BCUT2D eigenvalue weighted by molar-refractivity contribution is -0.145. The number of aromatic hydroxyl groups is 1. The summed E-state index contributed by atoms with van der Waals surface area (Å²) in [7, 11) is 0. The molecule has 2 fully saturated rings. The molecule has 2 heterocycles. The van der Waals surface area contributed by atoms with Gasteiger partial charge in [0.05, 0.1) is 45.6 Å². The molecule has 1 aromatic carbocycles. The van der Waals surface area contributed by atoms with E-state index < -0.39 is 316 Å². The summed E-state index contributed by atoms with van der Waals surface area (Å²) in [4.78, 5) is 305. The van der Waals surface area contributed by atoms with E-state index in [2.05, 4.69) is 90.4 Å². The molecule has 2 saturated heterocycles. The number of carbonyl (C=O) groups excluding carboxylic acids is 20. The van der Waals surface area contributed by atoms with Crippen LogP contribution in [0.3, 0.4) is 0 Å². The molecule has 37 N–H and O–H groups in total. The van der Waals surface area contributed by atoms with Gasteiger partial charge in [-0.2, -0.15) is 0 Å². The molecular weight excluding hydrogens is 1960 g/mol. The number of carbonyl (C=O) groups is 22. The van der Waals surface area contributed by atoms with Crippen molar-refractivity contribution < 1.29 is 146 Å². The summed E-state index contributed by atoms with van der Waals surface area (Å²) in [5, 5.41) is 132. The summed E-state index contributed by atoms with van der Waals surface area (Å²) in [6.07, 6.45) is -2.81. The number of nitrogens with zero attached hydrogens (tertiary/aromatic N) is 2. The van der Waals surface area contributed by atoms with E-state index in [1.165, 1.54) is 54.8 Å². The second-order valence-corrected chi connectivity index (χ2v) is 37.9. The van der Waals surface area contributed by atoms with Crippen molar-refractivity contribution in [1.82, 2.24) is 106 Å². The van der Waals surface area contributed by atoms with Gasteiger partial charge in [0.15, 0.2) is 5.96 Å². The van der Waals surface area contributed by atoms with Gasteiger partial charge in [-0.15, -0.1) is 0 Å². The molecule has 0 bridgehead atoms. The van der Waals surface area contributed by atoms with Gasteiger partial charge in [0.25, 0.3) is 0 Å². The van der Waals surface area contributed by atoms with Crippen LogP contribution in [0.15, 0.2) is 24.3 Å². The number of amides is 20. The summed E-state index contributed by atoms with van der Waals surface area (Å²) in [6, 6.07) is -23.4. The smallest absolute Gasteiger partial charge is 0.328 e. The summed E-state index contributed by atoms with van der Waals surface area (Å²) in [6.45, 7) is 9.80. The van der Waals surface area contributed by atoms with E-state index in [0.717, 1.165) is 6.92 Å². The van der Waals surface area contributed by atoms with Gasteiger partial charge in [-0.1, -0.05) is 73.9 Å². The van der Waals surface area contributed by atoms with Crippen LogP contribution in [0.2, 0.25) is 0 Å². The number of hydrogen-bond donors (Lipinski definition) is 32. The number of aliphatic hydroxyl groups excluding tert-OH is 5. The van der Waals surface area contributed by atoms with Crippen LogP contribution in [0, 0.1) is 29.1 Å². The predicted octanol–water partition coefficient (Wildman–Crippen LogP) is -11.4. The van der Waals surface area contributed by atoms with Crippen molar-refractivity contribution in [2.75, 3.05) is 72.2 Å². The topological polar surface area (TPSA) is 914 Å². The third kappa shape index (κ3) is 45.1. The first-order chi connectivity index (χ1) is 70.2. The van der Waals surface area contributed by atoms with Crippen molar-refractivity contribution >= 4 is 136 Å². The van der Waals surface area contributed by atoms with Crippen LogP contribution < -0.4 is 124 Å². The standard InChI is InChI=1S/C93H156N26O30/c1-11-49(8)73(116-82(138)60(38-47(4)5)109-86(142)67-23-18-36-119(67)90(146)57(20-13-15-33-95)107-85(141)66-22-17-35-118(66)91(147)58(21-16-34-100-93(98)99)106-78(134)55(28-30-68(97)126)103-69(127)40-96)88(144)110-61(39-52-24-26-53(125)27-25-52)81(137)105-56(29-31-71(129)130)79(135)117-74(51(10)124)89(145)113-63(43-121)83(139)104-54(19-12-14-32-94)77(133)108-59(37-46(2)3)80(136)102-50(9)75(131)111-62(42-120)76(132)101-41-70(128)115-72(48(6)7)87(143)112-64(44-122)84(140)114-65(45-123)92(148)149/h24-27,46-51,54-67,72-74,120-125H,11-23,28-45,94-96H2,1-10H3,(H2,97,126)(H,101,132)(H,102,136)(H,103,127)(H,104,139)(H,105,137)(H,106,134)(H,107,141)(H,108,133)(H,109,142)(H,110,144)(H,111,131)(H,112,143)(H,113,145)(H,114,140)(H,115,128)(H,116,138)(H,117,135)(H,129,130)(H,148,149)(H4,98,99,100)/t49-,50-,51+,54-,55-,56-,57-,58-,59-,60-,61-,62-,63-,64-,65-,66-,67-,72-,73-,74-/m0/s1. The zero-order chi connectivity index (χ0) is 112. The molecule has 0 unspecified atom stereocenters. The Morgan fingerprint density at radius 2 is 0.792 bits per heavy atom. The van der Waals surface area contributed by atoms with Crippen LogP contribution in [-0.2, 0) is 112 Å². The fourth-order valence-corrected chi connectivity index (χ4v) is 15.9. The minimum atomic E-state index is -2.11. The largest absolute Gasteiger partial charge is 0.508 e. The van der Waals surface area contributed by atoms with E-state index in [-0.39, 0.29) is 152 Å². The average molecular weight is 2120 g/mol. The van der Waals surface area contributed by atoms with E-state index in [4.69, 9.17) is 34.1 Å². The molecule has 838 valence electrons. The number of hydrogen-bond acceptors (Lipinski definition) is 32. The van der Waals surface area contributed by atoms with Crippen LogP contribution in [0.25, 0.3) is 0 Å². The molecule has 20 atom stereocenters. The van der Waals surface area contributed by atoms with Gasteiger partial charge in [-0.05, 0) is 171 Å². The van der Waals surface area contributed by atoms with Crippen LogP contribution in [0.5, 0.6) is 5.75 Å². The number of carboxylic acids is 2. The van der Waals surface area contributed by atoms with Crippen molar-refractivity contribution in [2.45, 2.75) is 313 Å². The van der Waals surface area contributed by atoms with Gasteiger partial charge in [0, 0.05) is 38.9 Å². The molecule has 0 aliphatic carbocycles. The highest BCUT2D eigenvalue weighted by atomic mass is 16.4. The predicted molar refractivity (Wildman–Crippen MR) is 531 cm³/mol. The normalized spacial score (nSPS) is 16.9. The van der Waals surface area contributed by atoms with E-state index in [0.29, 0.717) is 19.3 Å². The molecule has 0 radical (unpaired) electrons. The molecule has 56 heteroatoms. The van der Waals surface area contributed by atoms with E-state index >= 15 is 9.59 Å². The molecular formula is C93H156N26O30. The molecule has 3 rings (SSSR count). The lowest BCUT2D eigenvalue weighted by Gasteiger charge is -2.33. The molecule has 0 aromatic heterocycles. The van der Waals surface area contributed by atoms with E-state index in [1.807, 2.05) is 5.32 Å². The molecule has 2 aliphatic heterocycles. The third-order valence-corrected chi connectivity index (χ3v) is 24.4. The maximum Gasteiger partial charge on any atom is 0.328 e. The van der Waals surface area contributed by atoms with Crippen molar-refractivity contribution in [3.63, 3.8) is 0 Å². The Kier molecular flexibility index (Phi) is 57.9. The van der Waals surface area contributed by atoms with Gasteiger partial charge in [0.1, 0.15) is 115 Å². The highest BCUT2D eigenvalue weighted by Crippen LogP contribution is 2.26. The maximum absolute atomic E-state index is 15.0. The zero-order valence-corrected chi connectivity index (χ0v) is 85.8. The monoisotopic (exact) mass is 2120 g/mol. The Balaban J connectivity index is 1.90. The van der Waals surface area contributed by atoms with Crippen molar-refractivity contribution in [3.8, 4) is 5.75 Å². The Morgan fingerprint density at radius 3 is 1.26 bits per heavy atom. The number of primary amides is 1. The average Bonchev–Trinajstić information content (AvgIpc) is 1.70. The van der Waals surface area contributed by atoms with E-state index in [1.54, 1.807) is 41.5 Å². The van der Waals surface area contributed by atoms with Crippen LogP contribution in [-0.4, -0.2) is 374 Å². The Hall–Kier alpha value is -13.7. The number of nitrogens with two attached hydrogens (primary N) is 5. The number of aliphatic carboxylic acids is 2. The highest BCUT2D eigenvalue weighted by molar-refractivity contribution is 6.03. The molecule has 0 spiro atoms. The summed E-state index contributed by atoms with van der Waals surface area (Å²) in [5.74, 6) is -25.9. The van der Waals surface area contributed by atoms with Gasteiger partial charge >= 0.3 is 11.9 Å². The SMILES string of the molecule is CC[C@H](C)[C@H](NC(=O)[C@H](CC(C)C)NC(=O)[C@@H]1CCCN1C(=O)[C@H](CCCCN)NC(=O)[C@@H]1CCCN1C(=O)[C@H](CCCNC(=N)N)NC(=O)[C@H](CCC(N)=O)NC(=O)CN)C(=O)N[C@@H](Cc1ccc(O)cc1)C(=O)N[C@@H](CCC(=O)O)C(=O)N[C@H](C(=O)N[C@@H](CO)C(=O)N[C@@H](CCCCN)C(=O)N[C@@H](CC(C)C)C(=O)N[C@@H](C)C(=O)N[C@@H](CO)C(=O)NCC(=O)N[C@H](C(=O)N[C@@H](CO)C(=O)N[C@@H](CO)C(=O)O)C(C)C)[C@@H](C)O.